The van der Waals surface area contributed by atoms with Crippen LogP contribution < -0.4 is 10.6 Å². The summed E-state index contributed by atoms with van der Waals surface area (Å²) in [5.41, 5.74) is 6.35. The van der Waals surface area contributed by atoms with Gasteiger partial charge < -0.3 is 39.7 Å². The Morgan fingerprint density at radius 1 is 0.714 bits per heavy atom. The molecule has 1 unspecified atom stereocenters. The third-order valence-corrected chi connectivity index (χ3v) is 17.1. The highest BCUT2D eigenvalue weighted by Gasteiger charge is 2.53. The van der Waals surface area contributed by atoms with E-state index in [9.17, 15) is 20.0 Å². The number of carbonyl (C=O) groups excluding carboxylic acids is 2. The van der Waals surface area contributed by atoms with Gasteiger partial charge in [0.25, 0.3) is 0 Å². The van der Waals surface area contributed by atoms with Crippen LogP contribution in [0, 0.1) is 10.8 Å². The molecular weight excluding hydrogens is 970 g/mol. The number of methoxy groups -OCH3 is 2. The molecule has 12 nitrogen and oxygen atoms in total. The van der Waals surface area contributed by atoms with Gasteiger partial charge in [-0.2, -0.15) is 10.1 Å². The Morgan fingerprint density at radius 2 is 1.24 bits per heavy atom. The van der Waals surface area contributed by atoms with Crippen LogP contribution in [0.4, 0.5) is 11.4 Å². The summed E-state index contributed by atoms with van der Waals surface area (Å²) in [5.74, 6) is -1.57. The summed E-state index contributed by atoms with van der Waals surface area (Å²) in [7, 11) is 2.81. The zero-order valence-electron chi connectivity index (χ0n) is 39.2. The predicted molar refractivity (Wildman–Crippen MR) is 276 cm³/mol. The second kappa shape index (κ2) is 17.9. The van der Waals surface area contributed by atoms with Gasteiger partial charge in [-0.05, 0) is 98.5 Å². The average Bonchev–Trinajstić information content (AvgIpc) is 3.85. The van der Waals surface area contributed by atoms with Crippen molar-refractivity contribution in [2.45, 2.75) is 89.1 Å². The summed E-state index contributed by atoms with van der Waals surface area (Å²) in [4.78, 5) is 29.0. The second-order valence-corrected chi connectivity index (χ2v) is 21.2. The zero-order chi connectivity index (χ0) is 49.0. The molecule has 0 spiro atoms. The highest BCUT2D eigenvalue weighted by Crippen LogP contribution is 2.59. The van der Waals surface area contributed by atoms with Crippen LogP contribution in [0.1, 0.15) is 105 Å². The van der Waals surface area contributed by atoms with Crippen molar-refractivity contribution >= 4 is 103 Å². The lowest BCUT2D eigenvalue weighted by Crippen LogP contribution is -2.49. The summed E-state index contributed by atoms with van der Waals surface area (Å²) in [5, 5.41) is 38.2. The van der Waals surface area contributed by atoms with Crippen LogP contribution in [0.25, 0.3) is 33.0 Å². The summed E-state index contributed by atoms with van der Waals surface area (Å²) >= 11 is 27.8. The van der Waals surface area contributed by atoms with Gasteiger partial charge in [0.2, 0.25) is 0 Å². The molecule has 364 valence electrons. The Labute approximate surface area is 426 Å². The maximum absolute atomic E-state index is 14.6. The first-order chi connectivity index (χ1) is 33.8. The van der Waals surface area contributed by atoms with Gasteiger partial charge in [0.15, 0.2) is 0 Å². The first-order valence-corrected chi connectivity index (χ1v) is 25.5. The van der Waals surface area contributed by atoms with Crippen molar-refractivity contribution in [2.24, 2.45) is 10.8 Å². The number of carbonyl (C=O) groups is 2. The number of rotatable bonds is 9. The Hall–Kier alpha value is -5.02. The number of para-hydroxylation sites is 2. The smallest absolute Gasteiger partial charge is 0.339 e. The van der Waals surface area contributed by atoms with Gasteiger partial charge in [0, 0.05) is 83.7 Å². The maximum atomic E-state index is 14.6. The molecule has 2 saturated heterocycles. The van der Waals surface area contributed by atoms with Crippen molar-refractivity contribution in [3.63, 3.8) is 0 Å². The average molecular weight is 1020 g/mol. The number of benzene rings is 4. The number of ether oxygens (including phenoxy) is 2. The lowest BCUT2D eigenvalue weighted by Gasteiger charge is -2.50. The molecule has 11 rings (SSSR count). The third kappa shape index (κ3) is 7.23. The highest BCUT2D eigenvalue weighted by atomic mass is 35.5. The number of hydroxylamine groups is 4. The third-order valence-electron chi connectivity index (χ3n) is 16.1. The van der Waals surface area contributed by atoms with Crippen LogP contribution in [0.2, 0.25) is 20.1 Å². The van der Waals surface area contributed by atoms with E-state index in [0.29, 0.717) is 86.4 Å². The van der Waals surface area contributed by atoms with E-state index < -0.39 is 53.1 Å². The number of fused-ring (bicyclic) bond motifs is 11. The topological polar surface area (TPSA) is 133 Å². The number of piperidine rings is 2. The molecule has 0 bridgehead atoms. The summed E-state index contributed by atoms with van der Waals surface area (Å²) < 4.78 is 15.6. The molecule has 5 aliphatic heterocycles. The minimum atomic E-state index is -0.663. The molecule has 6 aromatic rings. The molecule has 2 aromatic heterocycles. The van der Waals surface area contributed by atoms with Crippen LogP contribution in [0.3, 0.4) is 0 Å². The molecule has 7 heterocycles. The van der Waals surface area contributed by atoms with E-state index in [1.54, 1.807) is 12.1 Å². The molecule has 70 heavy (non-hydrogen) atoms. The van der Waals surface area contributed by atoms with Gasteiger partial charge in [-0.1, -0.05) is 109 Å². The SMILES string of the molecule is CC[C@]12C=C(C(=O)OC)c3c(C[C@@H]4Nc5cc(Cl)cc(Cl)c5C(Nc5cc(Cl)cc(Cl)c5)[C@H]4c4c5n(c6ccccc46)[C@H]4N(O)CCC[C@@]4(CC)C=C5C(=O)OC)c4ccccc4n3[C@H]1N(O)CCC2. The van der Waals surface area contributed by atoms with E-state index in [-0.39, 0.29) is 0 Å². The molecule has 0 aliphatic carbocycles. The van der Waals surface area contributed by atoms with Gasteiger partial charge >= 0.3 is 11.9 Å². The first-order valence-electron chi connectivity index (χ1n) is 24.0. The molecule has 16 heteroatoms. The fraction of sp³-hybridized carbons (Fsp3) is 0.370. The van der Waals surface area contributed by atoms with Crippen molar-refractivity contribution in [1.82, 2.24) is 19.3 Å². The second-order valence-electron chi connectivity index (χ2n) is 19.5. The number of esters is 2. The van der Waals surface area contributed by atoms with Gasteiger partial charge in [0.05, 0.1) is 53.8 Å². The summed E-state index contributed by atoms with van der Waals surface area (Å²) in [6.07, 6.45) is 7.69. The lowest BCUT2D eigenvalue weighted by molar-refractivity contribution is -0.203. The summed E-state index contributed by atoms with van der Waals surface area (Å²) in [6.45, 7) is 5.12. The predicted octanol–water partition coefficient (Wildman–Crippen LogP) is 13.1. The number of nitrogens with zero attached hydrogens (tertiary/aromatic N) is 4. The van der Waals surface area contributed by atoms with Crippen molar-refractivity contribution in [1.29, 1.82) is 0 Å². The van der Waals surface area contributed by atoms with Crippen LogP contribution in [-0.4, -0.2) is 75.0 Å². The molecule has 0 radical (unpaired) electrons. The van der Waals surface area contributed by atoms with Crippen LogP contribution in [-0.2, 0) is 25.5 Å². The standard InChI is InChI=1S/C54H54Cl4N6O6/c1-5-53-17-11-19-61(67)51(53)63-41-15-9-7-13-33(41)35(47(63)36(27-53)49(65)69-3)26-40-45(46(59-32-22-29(55)21-30(56)23-32)44-38(58)24-31(57)25-39(44)60-40)43-34-14-8-10-16-42(34)64-48(43)37(50(66)70-4)28-54(6-2)18-12-20-62(68)52(54)64/h7-10,13-16,21-25,27-28,40,45-46,51-52,59-60,67-68H,5-6,11-12,17-20,26H2,1-4H3/t40-,45+,46?,51+,52+,53-,54-/m0/s1. The van der Waals surface area contributed by atoms with E-state index in [1.165, 1.54) is 24.3 Å². The van der Waals surface area contributed by atoms with Crippen molar-refractivity contribution < 1.29 is 29.5 Å². The van der Waals surface area contributed by atoms with E-state index in [0.717, 1.165) is 64.2 Å². The Bertz CT molecular complexity index is 3180. The molecule has 2 fully saturated rings. The van der Waals surface area contributed by atoms with Crippen LogP contribution >= 0.6 is 46.4 Å². The number of halogens is 4. The number of anilines is 2. The molecule has 5 aliphatic rings. The number of hydrogen-bond acceptors (Lipinski definition) is 10. The molecule has 7 atom stereocenters. The van der Waals surface area contributed by atoms with Crippen LogP contribution in [0.5, 0.6) is 0 Å². The monoisotopic (exact) mass is 1020 g/mol. The first kappa shape index (κ1) is 47.3. The molecular formula is C54H54Cl4N6O6. The normalized spacial score (nSPS) is 26.2. The number of hydrogen-bond donors (Lipinski definition) is 4. The Kier molecular flexibility index (Phi) is 12.1. The Morgan fingerprint density at radius 3 is 1.83 bits per heavy atom. The fourth-order valence-electron chi connectivity index (χ4n) is 13.2. The number of nitrogens with one attached hydrogen (secondary N) is 2. The van der Waals surface area contributed by atoms with Gasteiger partial charge in [0.1, 0.15) is 12.3 Å². The number of aromatic nitrogens is 2. The molecule has 4 aromatic carbocycles. The van der Waals surface area contributed by atoms with E-state index in [4.69, 9.17) is 55.9 Å². The van der Waals surface area contributed by atoms with Gasteiger partial charge in [-0.15, -0.1) is 0 Å². The lowest BCUT2D eigenvalue weighted by atomic mass is 9.70. The van der Waals surface area contributed by atoms with Crippen molar-refractivity contribution in [2.75, 3.05) is 37.9 Å². The van der Waals surface area contributed by atoms with Crippen molar-refractivity contribution in [3.8, 4) is 0 Å². The zero-order valence-corrected chi connectivity index (χ0v) is 42.3. The minimum Gasteiger partial charge on any atom is -0.465 e. The van der Waals surface area contributed by atoms with Gasteiger partial charge in [-0.3, -0.25) is 0 Å². The highest BCUT2D eigenvalue weighted by molar-refractivity contribution is 6.36. The molecule has 0 amide bonds. The van der Waals surface area contributed by atoms with Gasteiger partial charge in [-0.25, -0.2) is 9.59 Å². The van der Waals surface area contributed by atoms with Crippen LogP contribution in [0.15, 0.2) is 91.0 Å². The maximum Gasteiger partial charge on any atom is 0.339 e. The largest absolute Gasteiger partial charge is 0.465 e. The Balaban J connectivity index is 1.24. The summed E-state index contributed by atoms with van der Waals surface area (Å²) in [6, 6.07) is 23.9. The van der Waals surface area contributed by atoms with E-state index >= 15 is 0 Å². The minimum absolute atomic E-state index is 0.307. The van der Waals surface area contributed by atoms with Crippen molar-refractivity contribution in [3.05, 3.63) is 139 Å². The quantitative estimate of drug-likeness (QED) is 0.104. The fourth-order valence-corrected chi connectivity index (χ4v) is 14.3. The molecule has 0 saturated carbocycles. The van der Waals surface area contributed by atoms with E-state index in [1.807, 2.05) is 60.7 Å². The molecule has 4 N–H and O–H groups in total. The van der Waals surface area contributed by atoms with E-state index in [2.05, 4.69) is 51.8 Å².